The van der Waals surface area contributed by atoms with Crippen molar-refractivity contribution in [2.75, 3.05) is 13.1 Å². The average molecular weight is 460 g/mol. The second-order valence-electron chi connectivity index (χ2n) is 7.52. The molecular weight excluding hydrogens is 426 g/mol. The lowest BCUT2D eigenvalue weighted by Crippen LogP contribution is -2.56. The summed E-state index contributed by atoms with van der Waals surface area (Å²) in [7, 11) is 0. The number of carbonyl (C=O) groups is 5. The number of hydrogen-bond acceptors (Lipinski definition) is 7. The molecule has 0 heterocycles. The summed E-state index contributed by atoms with van der Waals surface area (Å²) in [6, 6.07) is -3.56. The second kappa shape index (κ2) is 14.6. The molecule has 0 saturated heterocycles. The van der Waals surface area contributed by atoms with Crippen molar-refractivity contribution < 1.29 is 34.2 Å². The highest BCUT2D eigenvalue weighted by atomic mass is 16.4. The van der Waals surface area contributed by atoms with Gasteiger partial charge >= 0.3 is 11.9 Å². The van der Waals surface area contributed by atoms with Crippen molar-refractivity contribution in [2.45, 2.75) is 57.7 Å². The summed E-state index contributed by atoms with van der Waals surface area (Å²) in [5, 5.41) is 24.6. The van der Waals surface area contributed by atoms with Gasteiger partial charge in [0.05, 0.1) is 12.5 Å². The maximum absolute atomic E-state index is 12.8. The van der Waals surface area contributed by atoms with Crippen LogP contribution >= 0.6 is 0 Å². The Labute approximate surface area is 185 Å². The normalized spacial score (nSPS) is 13.4. The van der Waals surface area contributed by atoms with Crippen LogP contribution in [0.2, 0.25) is 0 Å². The molecule has 0 radical (unpaired) electrons. The van der Waals surface area contributed by atoms with Crippen LogP contribution in [0.25, 0.3) is 0 Å². The third-order valence-corrected chi connectivity index (χ3v) is 4.06. The van der Waals surface area contributed by atoms with Gasteiger partial charge < -0.3 is 43.4 Å². The first-order chi connectivity index (χ1) is 14.8. The number of aliphatic carboxylic acids is 2. The minimum atomic E-state index is -1.36. The van der Waals surface area contributed by atoms with E-state index in [1.54, 1.807) is 13.8 Å². The highest BCUT2D eigenvalue weighted by Gasteiger charge is 2.29. The number of aliphatic imine (C=N–C) groups is 1. The maximum atomic E-state index is 12.8. The Balaban J connectivity index is 5.33. The molecule has 0 aromatic heterocycles. The van der Waals surface area contributed by atoms with E-state index in [2.05, 4.69) is 20.9 Å². The molecule has 0 rings (SSSR count). The molecule has 0 bridgehead atoms. The smallest absolute Gasteiger partial charge is 0.322 e. The number of carboxylic acid groups (broad SMARTS) is 2. The number of carbonyl (C=O) groups excluding carboxylic acids is 3. The molecule has 0 saturated carbocycles. The largest absolute Gasteiger partial charge is 0.481 e. The first-order valence-electron chi connectivity index (χ1n) is 9.96. The van der Waals surface area contributed by atoms with E-state index in [-0.39, 0.29) is 31.3 Å². The van der Waals surface area contributed by atoms with E-state index in [1.807, 2.05) is 0 Å². The third kappa shape index (κ3) is 13.0. The zero-order valence-electron chi connectivity index (χ0n) is 18.2. The standard InChI is InChI=1S/C18H33N7O7/c1-9(2)6-12(25-15(30)10(19)7-13(26)27)17(32)24-11(4-3-5-22-18(20)21)16(31)23-8-14(28)29/h9-12H,3-8,19H2,1-2H3,(H,23,31)(H,24,32)(H,25,30)(H,26,27)(H,28,29)(H4,20,21,22). The van der Waals surface area contributed by atoms with E-state index >= 15 is 0 Å². The monoisotopic (exact) mass is 459 g/mol. The lowest BCUT2D eigenvalue weighted by atomic mass is 10.0. The number of guanidine groups is 1. The fraction of sp³-hybridized carbons (Fsp3) is 0.667. The summed E-state index contributed by atoms with van der Waals surface area (Å²) >= 11 is 0. The molecule has 14 nitrogen and oxygen atoms in total. The molecule has 14 heteroatoms. The maximum Gasteiger partial charge on any atom is 0.322 e. The lowest BCUT2D eigenvalue weighted by Gasteiger charge is -2.25. The van der Waals surface area contributed by atoms with Crippen LogP contribution in [-0.2, 0) is 24.0 Å². The summed E-state index contributed by atoms with van der Waals surface area (Å²) < 4.78 is 0. The van der Waals surface area contributed by atoms with Gasteiger partial charge in [0.15, 0.2) is 5.96 Å². The van der Waals surface area contributed by atoms with Gasteiger partial charge in [-0.25, -0.2) is 0 Å². The van der Waals surface area contributed by atoms with Gasteiger partial charge in [0, 0.05) is 6.54 Å². The van der Waals surface area contributed by atoms with E-state index in [9.17, 15) is 24.0 Å². The van der Waals surface area contributed by atoms with E-state index in [0.717, 1.165) is 0 Å². The molecule has 0 fully saturated rings. The molecule has 0 aliphatic rings. The molecule has 0 aliphatic carbocycles. The Kier molecular flexibility index (Phi) is 13.0. The van der Waals surface area contributed by atoms with Crippen molar-refractivity contribution in [3.05, 3.63) is 0 Å². The predicted molar refractivity (Wildman–Crippen MR) is 114 cm³/mol. The number of nitrogens with one attached hydrogen (secondary N) is 3. The van der Waals surface area contributed by atoms with Crippen molar-refractivity contribution in [2.24, 2.45) is 28.1 Å². The second-order valence-corrected chi connectivity index (χ2v) is 7.52. The first-order valence-corrected chi connectivity index (χ1v) is 9.96. The van der Waals surface area contributed by atoms with Crippen LogP contribution in [0.5, 0.6) is 0 Å². The molecule has 0 aromatic carbocycles. The summed E-state index contributed by atoms with van der Waals surface area (Å²) in [5.74, 6) is -4.97. The summed E-state index contributed by atoms with van der Waals surface area (Å²) in [6.07, 6.45) is -0.0371. The fourth-order valence-electron chi connectivity index (χ4n) is 2.59. The molecule has 0 aliphatic heterocycles. The van der Waals surface area contributed by atoms with E-state index < -0.39 is 60.8 Å². The van der Waals surface area contributed by atoms with Crippen LogP contribution < -0.4 is 33.2 Å². The number of hydrogen-bond donors (Lipinski definition) is 8. The Morgan fingerprint density at radius 2 is 1.50 bits per heavy atom. The molecule has 182 valence electrons. The van der Waals surface area contributed by atoms with E-state index in [0.29, 0.717) is 6.42 Å². The Morgan fingerprint density at radius 3 is 2.00 bits per heavy atom. The molecule has 3 unspecified atom stereocenters. The number of nitrogens with two attached hydrogens (primary N) is 3. The van der Waals surface area contributed by atoms with Crippen molar-refractivity contribution in [1.82, 2.24) is 16.0 Å². The van der Waals surface area contributed by atoms with Crippen LogP contribution in [0.3, 0.4) is 0 Å². The molecule has 32 heavy (non-hydrogen) atoms. The number of carboxylic acids is 2. The van der Waals surface area contributed by atoms with Gasteiger partial charge in [0.25, 0.3) is 0 Å². The molecule has 0 spiro atoms. The zero-order chi connectivity index (χ0) is 24.8. The Hall–Kier alpha value is -3.42. The summed E-state index contributed by atoms with van der Waals surface area (Å²) in [6.45, 7) is 3.14. The quantitative estimate of drug-likeness (QED) is 0.0702. The van der Waals surface area contributed by atoms with Gasteiger partial charge in [-0.1, -0.05) is 13.8 Å². The zero-order valence-corrected chi connectivity index (χ0v) is 18.2. The van der Waals surface area contributed by atoms with Gasteiger partial charge in [-0.2, -0.15) is 0 Å². The van der Waals surface area contributed by atoms with Crippen LogP contribution in [0, 0.1) is 5.92 Å². The van der Waals surface area contributed by atoms with Gasteiger partial charge in [-0.05, 0) is 25.2 Å². The topological polar surface area (TPSA) is 252 Å². The molecular formula is C18H33N7O7. The highest BCUT2D eigenvalue weighted by Crippen LogP contribution is 2.08. The highest BCUT2D eigenvalue weighted by molar-refractivity contribution is 5.94. The van der Waals surface area contributed by atoms with Crippen LogP contribution in [0.1, 0.15) is 39.5 Å². The van der Waals surface area contributed by atoms with Gasteiger partial charge in [-0.3, -0.25) is 29.0 Å². The Bertz CT molecular complexity index is 708. The SMILES string of the molecule is CC(C)CC(NC(=O)C(N)CC(=O)O)C(=O)NC(CCCN=C(N)N)C(=O)NCC(=O)O. The van der Waals surface area contributed by atoms with Crippen molar-refractivity contribution in [1.29, 1.82) is 0 Å². The molecule has 11 N–H and O–H groups in total. The summed E-state index contributed by atoms with van der Waals surface area (Å²) in [5.41, 5.74) is 16.0. The molecule has 3 amide bonds. The number of nitrogens with zero attached hydrogens (tertiary/aromatic N) is 1. The lowest BCUT2D eigenvalue weighted by molar-refractivity contribution is -0.140. The van der Waals surface area contributed by atoms with Crippen molar-refractivity contribution >= 4 is 35.6 Å². The predicted octanol–water partition coefficient (Wildman–Crippen LogP) is -2.94. The van der Waals surface area contributed by atoms with Crippen LogP contribution in [-0.4, -0.2) is 77.0 Å². The van der Waals surface area contributed by atoms with Gasteiger partial charge in [0.1, 0.15) is 18.6 Å². The third-order valence-electron chi connectivity index (χ3n) is 4.06. The Morgan fingerprint density at radius 1 is 0.906 bits per heavy atom. The minimum absolute atomic E-state index is 0.0390. The summed E-state index contributed by atoms with van der Waals surface area (Å²) in [4.78, 5) is 62.6. The van der Waals surface area contributed by atoms with Crippen LogP contribution in [0.4, 0.5) is 0 Å². The minimum Gasteiger partial charge on any atom is -0.481 e. The van der Waals surface area contributed by atoms with E-state index in [4.69, 9.17) is 27.4 Å². The molecule has 0 aromatic rings. The van der Waals surface area contributed by atoms with Crippen molar-refractivity contribution in [3.63, 3.8) is 0 Å². The van der Waals surface area contributed by atoms with Crippen molar-refractivity contribution in [3.8, 4) is 0 Å². The van der Waals surface area contributed by atoms with Crippen LogP contribution in [0.15, 0.2) is 4.99 Å². The fourth-order valence-corrected chi connectivity index (χ4v) is 2.59. The average Bonchev–Trinajstić information content (AvgIpc) is 2.66. The van der Waals surface area contributed by atoms with E-state index in [1.165, 1.54) is 0 Å². The van der Waals surface area contributed by atoms with Gasteiger partial charge in [0.2, 0.25) is 17.7 Å². The van der Waals surface area contributed by atoms with Gasteiger partial charge in [-0.15, -0.1) is 0 Å². The number of rotatable bonds is 15. The number of amides is 3. The first kappa shape index (κ1) is 28.6. The molecule has 3 atom stereocenters.